The smallest absolute Gasteiger partial charge is 0.114 e. The lowest BCUT2D eigenvalue weighted by molar-refractivity contribution is 0.189. The lowest BCUT2D eigenvalue weighted by atomic mass is 9.76. The van der Waals surface area contributed by atoms with Crippen LogP contribution in [0.25, 0.3) is 0 Å². The Labute approximate surface area is 191 Å². The fraction of sp³-hybridized carbons (Fsp3) is 0.200. The first-order chi connectivity index (χ1) is 15.7. The number of anilines is 1. The summed E-state index contributed by atoms with van der Waals surface area (Å²) in [5.41, 5.74) is 5.52. The van der Waals surface area contributed by atoms with E-state index in [0.717, 1.165) is 18.7 Å². The van der Waals surface area contributed by atoms with E-state index >= 15 is 0 Å². The molecular weight excluding hydrogens is 390 g/mol. The normalized spacial score (nSPS) is 12.3. The van der Waals surface area contributed by atoms with Gasteiger partial charge in [0, 0.05) is 19.4 Å². The van der Waals surface area contributed by atoms with Gasteiger partial charge in [-0.3, -0.25) is 0 Å². The van der Waals surface area contributed by atoms with Crippen LogP contribution >= 0.6 is 0 Å². The van der Waals surface area contributed by atoms with Crippen molar-refractivity contribution >= 4 is 5.69 Å². The molecule has 0 radical (unpaired) electrons. The molecule has 0 aliphatic rings. The zero-order valence-electron chi connectivity index (χ0n) is 18.9. The van der Waals surface area contributed by atoms with Crippen molar-refractivity contribution < 1.29 is 4.74 Å². The van der Waals surface area contributed by atoms with E-state index in [1.807, 2.05) is 0 Å². The van der Waals surface area contributed by atoms with Gasteiger partial charge >= 0.3 is 0 Å². The lowest BCUT2D eigenvalue weighted by Crippen LogP contribution is -2.38. The van der Waals surface area contributed by atoms with Crippen LogP contribution in [0.3, 0.4) is 0 Å². The molecule has 0 saturated heterocycles. The summed E-state index contributed by atoms with van der Waals surface area (Å²) in [6.07, 6.45) is 1.02. The van der Waals surface area contributed by atoms with Crippen LogP contribution < -0.4 is 5.32 Å². The van der Waals surface area contributed by atoms with Gasteiger partial charge in [-0.25, -0.2) is 0 Å². The minimum Gasteiger partial charge on any atom is -0.385 e. The summed E-state index contributed by atoms with van der Waals surface area (Å²) >= 11 is 0. The van der Waals surface area contributed by atoms with E-state index in [0.29, 0.717) is 5.92 Å². The van der Waals surface area contributed by atoms with Gasteiger partial charge < -0.3 is 10.1 Å². The number of hydrogen-bond donors (Lipinski definition) is 1. The molecule has 0 bridgehead atoms. The van der Waals surface area contributed by atoms with Crippen LogP contribution in [0.2, 0.25) is 0 Å². The minimum atomic E-state index is -0.507. The third-order valence-corrected chi connectivity index (χ3v) is 6.19. The second-order valence-electron chi connectivity index (χ2n) is 8.28. The molecule has 1 unspecified atom stereocenters. The van der Waals surface area contributed by atoms with Gasteiger partial charge in [0.25, 0.3) is 0 Å². The number of ether oxygens (including phenoxy) is 1. The third kappa shape index (κ3) is 4.61. The zero-order valence-corrected chi connectivity index (χ0v) is 18.9. The quantitative estimate of drug-likeness (QED) is 0.288. The molecule has 0 heterocycles. The van der Waals surface area contributed by atoms with E-state index in [2.05, 4.69) is 128 Å². The molecule has 0 aliphatic carbocycles. The van der Waals surface area contributed by atoms with Gasteiger partial charge in [0.2, 0.25) is 0 Å². The van der Waals surface area contributed by atoms with Gasteiger partial charge in [0.15, 0.2) is 0 Å². The van der Waals surface area contributed by atoms with Crippen molar-refractivity contribution in [1.29, 1.82) is 0 Å². The molecule has 0 aliphatic heterocycles. The molecule has 0 spiro atoms. The molecule has 162 valence electrons. The Kier molecular flexibility index (Phi) is 7.03. The Morgan fingerprint density at radius 3 is 1.50 bits per heavy atom. The summed E-state index contributed by atoms with van der Waals surface area (Å²) in [6.45, 7) is 3.03. The molecule has 1 atom stereocenters. The molecular formula is C30H31NO. The maximum absolute atomic E-state index is 5.26. The molecule has 2 heteroatoms. The SMILES string of the molecule is COCCC(C)c1ccc(NC(c2ccccc2)(c2ccccc2)c2ccccc2)cc1. The zero-order chi connectivity index (χ0) is 22.2. The standard InChI is InChI=1S/C30H31NO/c1-24(22-23-32-2)25-18-20-29(21-19-25)31-30(26-12-6-3-7-13-26,27-14-8-4-9-15-27)28-16-10-5-11-17-28/h3-21,24,31H,22-23H2,1-2H3. The highest BCUT2D eigenvalue weighted by atomic mass is 16.5. The highest BCUT2D eigenvalue weighted by Gasteiger charge is 2.36. The fourth-order valence-corrected chi connectivity index (χ4v) is 4.35. The predicted molar refractivity (Wildman–Crippen MR) is 134 cm³/mol. The van der Waals surface area contributed by atoms with Crippen molar-refractivity contribution in [3.05, 3.63) is 138 Å². The summed E-state index contributed by atoms with van der Waals surface area (Å²) in [5, 5.41) is 3.93. The monoisotopic (exact) mass is 421 g/mol. The summed E-state index contributed by atoms with van der Waals surface area (Å²) < 4.78 is 5.26. The molecule has 2 nitrogen and oxygen atoms in total. The van der Waals surface area contributed by atoms with E-state index in [1.54, 1.807) is 7.11 Å². The number of methoxy groups -OCH3 is 1. The van der Waals surface area contributed by atoms with Crippen LogP contribution in [0.4, 0.5) is 5.69 Å². The fourth-order valence-electron chi connectivity index (χ4n) is 4.35. The molecule has 0 fully saturated rings. The van der Waals surface area contributed by atoms with E-state index in [9.17, 15) is 0 Å². The topological polar surface area (TPSA) is 21.3 Å². The minimum absolute atomic E-state index is 0.464. The number of benzene rings is 4. The number of rotatable bonds is 9. The molecule has 0 saturated carbocycles. The Hall–Kier alpha value is -3.36. The summed E-state index contributed by atoms with van der Waals surface area (Å²) in [6, 6.07) is 40.9. The van der Waals surface area contributed by atoms with Crippen LogP contribution in [-0.2, 0) is 10.3 Å². The predicted octanol–water partition coefficient (Wildman–Crippen LogP) is 7.23. The van der Waals surface area contributed by atoms with Crippen molar-refractivity contribution in [3.63, 3.8) is 0 Å². The number of hydrogen-bond acceptors (Lipinski definition) is 2. The van der Waals surface area contributed by atoms with E-state index in [-0.39, 0.29) is 0 Å². The molecule has 4 aromatic rings. The van der Waals surface area contributed by atoms with Crippen LogP contribution in [0, 0.1) is 0 Å². The van der Waals surface area contributed by atoms with E-state index in [1.165, 1.54) is 22.3 Å². The number of nitrogens with one attached hydrogen (secondary N) is 1. The lowest BCUT2D eigenvalue weighted by Gasteiger charge is -2.38. The highest BCUT2D eigenvalue weighted by Crippen LogP contribution is 2.40. The Bertz CT molecular complexity index is 979. The van der Waals surface area contributed by atoms with Crippen LogP contribution in [0.15, 0.2) is 115 Å². The molecule has 0 amide bonds. The van der Waals surface area contributed by atoms with E-state index < -0.39 is 5.54 Å². The molecule has 4 aromatic carbocycles. The van der Waals surface area contributed by atoms with Gasteiger partial charge in [0.05, 0.1) is 0 Å². The summed E-state index contributed by atoms with van der Waals surface area (Å²) in [5.74, 6) is 0.464. The maximum Gasteiger partial charge on any atom is 0.114 e. The van der Waals surface area contributed by atoms with Crippen molar-refractivity contribution in [1.82, 2.24) is 0 Å². The molecule has 32 heavy (non-hydrogen) atoms. The second-order valence-corrected chi connectivity index (χ2v) is 8.28. The van der Waals surface area contributed by atoms with Crippen molar-refractivity contribution in [2.24, 2.45) is 0 Å². The van der Waals surface area contributed by atoms with Crippen molar-refractivity contribution in [2.45, 2.75) is 24.8 Å². The first kappa shape index (κ1) is 21.9. The van der Waals surface area contributed by atoms with Crippen LogP contribution in [0.5, 0.6) is 0 Å². The average molecular weight is 422 g/mol. The van der Waals surface area contributed by atoms with Gasteiger partial charge in [-0.1, -0.05) is 110 Å². The molecule has 0 aromatic heterocycles. The van der Waals surface area contributed by atoms with Crippen LogP contribution in [0.1, 0.15) is 41.5 Å². The van der Waals surface area contributed by atoms with Gasteiger partial charge in [-0.2, -0.15) is 0 Å². The Morgan fingerprint density at radius 2 is 1.09 bits per heavy atom. The second kappa shape index (κ2) is 10.3. The largest absolute Gasteiger partial charge is 0.385 e. The molecule has 4 rings (SSSR count). The first-order valence-corrected chi connectivity index (χ1v) is 11.3. The van der Waals surface area contributed by atoms with Crippen molar-refractivity contribution in [2.75, 3.05) is 19.0 Å². The Morgan fingerprint density at radius 1 is 0.656 bits per heavy atom. The average Bonchev–Trinajstić information content (AvgIpc) is 2.88. The molecule has 1 N–H and O–H groups in total. The van der Waals surface area contributed by atoms with E-state index in [4.69, 9.17) is 4.74 Å². The first-order valence-electron chi connectivity index (χ1n) is 11.3. The van der Waals surface area contributed by atoms with Crippen LogP contribution in [-0.4, -0.2) is 13.7 Å². The maximum atomic E-state index is 5.26. The summed E-state index contributed by atoms with van der Waals surface area (Å²) in [4.78, 5) is 0. The Balaban J connectivity index is 1.80. The summed E-state index contributed by atoms with van der Waals surface area (Å²) in [7, 11) is 1.76. The van der Waals surface area contributed by atoms with Gasteiger partial charge in [0.1, 0.15) is 5.54 Å². The highest BCUT2D eigenvalue weighted by molar-refractivity contribution is 5.60. The third-order valence-electron chi connectivity index (χ3n) is 6.19. The van der Waals surface area contributed by atoms with Gasteiger partial charge in [-0.15, -0.1) is 0 Å². The van der Waals surface area contributed by atoms with Gasteiger partial charge in [-0.05, 0) is 46.7 Å². The van der Waals surface area contributed by atoms with Crippen molar-refractivity contribution in [3.8, 4) is 0 Å².